The number of aromatic nitrogens is 1. The van der Waals surface area contributed by atoms with Crippen molar-refractivity contribution in [1.82, 2.24) is 5.16 Å². The molecule has 0 bridgehead atoms. The summed E-state index contributed by atoms with van der Waals surface area (Å²) in [4.78, 5) is 12.8. The topological polar surface area (TPSA) is 63.3 Å². The van der Waals surface area contributed by atoms with Crippen molar-refractivity contribution in [3.63, 3.8) is 0 Å². The molecule has 2 aromatic carbocycles. The standard InChI is InChI=1S/C19H16ClNO3S/c1-12(16-15(20)18(22)21-24-16)19(23)25-17(13-8-4-2-5-9-13)14-10-6-3-7-11-14/h2-12,17H,1H3,(H,21,22). The maximum atomic E-state index is 12.8. The Kier molecular flexibility index (Phi) is 5.46. The second-order valence-electron chi connectivity index (χ2n) is 5.54. The first kappa shape index (κ1) is 17.6. The van der Waals surface area contributed by atoms with E-state index in [1.807, 2.05) is 60.7 Å². The minimum atomic E-state index is -0.624. The minimum absolute atomic E-state index is 0.0163. The Bertz CT molecular complexity index is 812. The number of nitrogens with zero attached hydrogens (tertiary/aromatic N) is 1. The molecule has 0 radical (unpaired) electrons. The molecular formula is C19H16ClNO3S. The molecule has 3 rings (SSSR count). The van der Waals surface area contributed by atoms with E-state index in [9.17, 15) is 9.90 Å². The minimum Gasteiger partial charge on any atom is -0.490 e. The van der Waals surface area contributed by atoms with Gasteiger partial charge in [0.2, 0.25) is 0 Å². The van der Waals surface area contributed by atoms with Crippen LogP contribution in [0.1, 0.15) is 35.0 Å². The van der Waals surface area contributed by atoms with Crippen LogP contribution in [0.25, 0.3) is 0 Å². The number of rotatable bonds is 5. The van der Waals surface area contributed by atoms with Gasteiger partial charge in [0.15, 0.2) is 10.9 Å². The first-order chi connectivity index (χ1) is 12.1. The Balaban J connectivity index is 1.88. The van der Waals surface area contributed by atoms with Gasteiger partial charge >= 0.3 is 0 Å². The van der Waals surface area contributed by atoms with Gasteiger partial charge in [-0.3, -0.25) is 4.79 Å². The summed E-state index contributed by atoms with van der Waals surface area (Å²) < 4.78 is 5.00. The molecule has 1 aromatic heterocycles. The molecular weight excluding hydrogens is 358 g/mol. The van der Waals surface area contributed by atoms with Gasteiger partial charge in [-0.05, 0) is 23.2 Å². The molecule has 0 amide bonds. The third-order valence-corrected chi connectivity index (χ3v) is 5.55. The van der Waals surface area contributed by atoms with Crippen LogP contribution in [0.15, 0.2) is 65.2 Å². The number of carbonyl (C=O) groups is 1. The summed E-state index contributed by atoms with van der Waals surface area (Å²) >= 11 is 7.16. The summed E-state index contributed by atoms with van der Waals surface area (Å²) in [6.07, 6.45) is 0. The van der Waals surface area contributed by atoms with Crippen molar-refractivity contribution in [2.75, 3.05) is 0 Å². The molecule has 1 unspecified atom stereocenters. The molecule has 0 fully saturated rings. The van der Waals surface area contributed by atoms with Crippen LogP contribution in [0.4, 0.5) is 0 Å². The van der Waals surface area contributed by atoms with Gasteiger partial charge in [-0.2, -0.15) is 0 Å². The van der Waals surface area contributed by atoms with Gasteiger partial charge in [0.1, 0.15) is 5.02 Å². The van der Waals surface area contributed by atoms with Crippen LogP contribution in [0.2, 0.25) is 5.02 Å². The maximum Gasteiger partial charge on any atom is 0.271 e. The highest BCUT2D eigenvalue weighted by Gasteiger charge is 2.28. The molecule has 0 aliphatic carbocycles. The van der Waals surface area contributed by atoms with Crippen LogP contribution in [0.3, 0.4) is 0 Å². The van der Waals surface area contributed by atoms with Crippen molar-refractivity contribution >= 4 is 28.5 Å². The predicted octanol–water partition coefficient (Wildman–Crippen LogP) is 5.19. The summed E-state index contributed by atoms with van der Waals surface area (Å²) in [7, 11) is 0. The summed E-state index contributed by atoms with van der Waals surface area (Å²) in [5.41, 5.74) is 2.07. The van der Waals surface area contributed by atoms with Crippen molar-refractivity contribution in [3.05, 3.63) is 82.6 Å². The van der Waals surface area contributed by atoms with Gasteiger partial charge in [0.05, 0.1) is 11.2 Å². The van der Waals surface area contributed by atoms with Gasteiger partial charge in [0, 0.05) is 0 Å². The van der Waals surface area contributed by atoms with E-state index in [0.717, 1.165) is 11.1 Å². The molecule has 128 valence electrons. The average Bonchev–Trinajstić information content (AvgIpc) is 2.99. The molecule has 1 atom stereocenters. The normalized spacial score (nSPS) is 12.3. The van der Waals surface area contributed by atoms with Crippen LogP contribution in [0, 0.1) is 0 Å². The number of carbonyl (C=O) groups excluding carboxylic acids is 1. The van der Waals surface area contributed by atoms with E-state index >= 15 is 0 Å². The van der Waals surface area contributed by atoms with Gasteiger partial charge in [-0.1, -0.05) is 84.0 Å². The van der Waals surface area contributed by atoms with Gasteiger partial charge in [0.25, 0.3) is 5.88 Å². The highest BCUT2D eigenvalue weighted by molar-refractivity contribution is 8.14. The fraction of sp³-hybridized carbons (Fsp3) is 0.158. The van der Waals surface area contributed by atoms with Crippen molar-refractivity contribution in [2.45, 2.75) is 18.1 Å². The highest BCUT2D eigenvalue weighted by Crippen LogP contribution is 2.41. The van der Waals surface area contributed by atoms with Crippen LogP contribution >= 0.6 is 23.4 Å². The first-order valence-corrected chi connectivity index (χ1v) is 8.98. The molecule has 4 nitrogen and oxygen atoms in total. The lowest BCUT2D eigenvalue weighted by atomic mass is 10.0. The molecule has 0 aliphatic heterocycles. The van der Waals surface area contributed by atoms with E-state index in [4.69, 9.17) is 16.1 Å². The third-order valence-electron chi connectivity index (χ3n) is 3.83. The quantitative estimate of drug-likeness (QED) is 0.667. The Hall–Kier alpha value is -2.24. The van der Waals surface area contributed by atoms with Crippen molar-refractivity contribution < 1.29 is 14.4 Å². The second-order valence-corrected chi connectivity index (χ2v) is 7.03. The summed E-state index contributed by atoms with van der Waals surface area (Å²) in [6.45, 7) is 1.69. The largest absolute Gasteiger partial charge is 0.490 e. The number of thioether (sulfide) groups is 1. The molecule has 1 heterocycles. The van der Waals surface area contributed by atoms with Crippen molar-refractivity contribution in [3.8, 4) is 5.88 Å². The zero-order valence-electron chi connectivity index (χ0n) is 13.4. The van der Waals surface area contributed by atoms with Crippen LogP contribution in [-0.4, -0.2) is 15.4 Å². The van der Waals surface area contributed by atoms with Crippen LogP contribution in [0.5, 0.6) is 5.88 Å². The van der Waals surface area contributed by atoms with E-state index in [2.05, 4.69) is 5.16 Å². The molecule has 25 heavy (non-hydrogen) atoms. The molecule has 3 aromatic rings. The molecule has 0 aliphatic rings. The molecule has 0 saturated heterocycles. The molecule has 0 spiro atoms. The Morgan fingerprint density at radius 2 is 1.60 bits per heavy atom. The molecule has 0 saturated carbocycles. The average molecular weight is 374 g/mol. The Morgan fingerprint density at radius 3 is 2.04 bits per heavy atom. The van der Waals surface area contributed by atoms with E-state index in [1.165, 1.54) is 11.8 Å². The maximum absolute atomic E-state index is 12.8. The Morgan fingerprint density at radius 1 is 1.08 bits per heavy atom. The van der Waals surface area contributed by atoms with E-state index < -0.39 is 11.8 Å². The monoisotopic (exact) mass is 373 g/mol. The second kappa shape index (κ2) is 7.76. The number of aromatic hydroxyl groups is 1. The number of halogens is 1. The Labute approximate surface area is 154 Å². The fourth-order valence-electron chi connectivity index (χ4n) is 2.46. The number of hydrogen-bond donors (Lipinski definition) is 1. The summed E-state index contributed by atoms with van der Waals surface area (Å²) in [6, 6.07) is 19.7. The first-order valence-electron chi connectivity index (χ1n) is 7.72. The van der Waals surface area contributed by atoms with Crippen molar-refractivity contribution in [2.24, 2.45) is 0 Å². The number of benzene rings is 2. The van der Waals surface area contributed by atoms with Gasteiger partial charge in [-0.15, -0.1) is 0 Å². The number of hydrogen-bond acceptors (Lipinski definition) is 5. The SMILES string of the molecule is CC(C(=O)SC(c1ccccc1)c1ccccc1)c1onc(O)c1Cl. The fourth-order valence-corrected chi connectivity index (χ4v) is 3.82. The van der Waals surface area contributed by atoms with E-state index in [-0.39, 0.29) is 21.1 Å². The summed E-state index contributed by atoms with van der Waals surface area (Å²) in [5, 5.41) is 12.6. The van der Waals surface area contributed by atoms with E-state index in [0.29, 0.717) is 0 Å². The third kappa shape index (κ3) is 3.89. The lowest BCUT2D eigenvalue weighted by Crippen LogP contribution is -2.08. The zero-order chi connectivity index (χ0) is 17.8. The lowest BCUT2D eigenvalue weighted by molar-refractivity contribution is -0.112. The zero-order valence-corrected chi connectivity index (χ0v) is 15.0. The smallest absolute Gasteiger partial charge is 0.271 e. The molecule has 1 N–H and O–H groups in total. The van der Waals surface area contributed by atoms with E-state index in [1.54, 1.807) is 6.92 Å². The highest BCUT2D eigenvalue weighted by atomic mass is 35.5. The van der Waals surface area contributed by atoms with Gasteiger partial charge in [-0.25, -0.2) is 0 Å². The van der Waals surface area contributed by atoms with Crippen LogP contribution in [-0.2, 0) is 4.79 Å². The summed E-state index contributed by atoms with van der Waals surface area (Å²) in [5.74, 6) is -0.846. The van der Waals surface area contributed by atoms with Gasteiger partial charge < -0.3 is 9.63 Å². The molecule has 6 heteroatoms. The van der Waals surface area contributed by atoms with Crippen molar-refractivity contribution in [1.29, 1.82) is 0 Å². The predicted molar refractivity (Wildman–Crippen MR) is 98.9 cm³/mol. The lowest BCUT2D eigenvalue weighted by Gasteiger charge is -2.18. The van der Waals surface area contributed by atoms with Crippen LogP contribution < -0.4 is 0 Å².